The molecule has 1 saturated carbocycles. The van der Waals surface area contributed by atoms with Crippen molar-refractivity contribution in [3.05, 3.63) is 35.9 Å². The first-order chi connectivity index (χ1) is 10.3. The van der Waals surface area contributed by atoms with E-state index in [1.807, 2.05) is 32.0 Å². The van der Waals surface area contributed by atoms with Crippen LogP contribution in [-0.4, -0.2) is 38.3 Å². The summed E-state index contributed by atoms with van der Waals surface area (Å²) in [5.41, 5.74) is 1.22. The van der Waals surface area contributed by atoms with Crippen molar-refractivity contribution in [2.45, 2.75) is 51.8 Å². The van der Waals surface area contributed by atoms with Gasteiger partial charge in [0.05, 0.1) is 25.4 Å². The van der Waals surface area contributed by atoms with Crippen molar-refractivity contribution in [2.75, 3.05) is 19.8 Å². The smallest absolute Gasteiger partial charge is 0.180 e. The monoisotopic (exact) mass is 294 g/mol. The minimum Gasteiger partial charge on any atom is -0.373 e. The Kier molecular flexibility index (Phi) is 7.16. The lowest BCUT2D eigenvalue weighted by Gasteiger charge is -2.35. The zero-order valence-corrected chi connectivity index (χ0v) is 13.0. The summed E-state index contributed by atoms with van der Waals surface area (Å²) >= 11 is 0. The van der Waals surface area contributed by atoms with Crippen molar-refractivity contribution in [1.29, 1.82) is 0 Å². The van der Waals surface area contributed by atoms with Gasteiger partial charge in [0.15, 0.2) is 6.29 Å². The highest BCUT2D eigenvalue weighted by atomic mass is 16.7. The van der Waals surface area contributed by atoms with Crippen molar-refractivity contribution in [3.63, 3.8) is 0 Å². The van der Waals surface area contributed by atoms with Gasteiger partial charge in [-0.1, -0.05) is 30.3 Å². The van der Waals surface area contributed by atoms with Crippen LogP contribution in [0.3, 0.4) is 0 Å². The molecule has 0 saturated heterocycles. The van der Waals surface area contributed by atoms with Crippen molar-refractivity contribution < 1.29 is 18.9 Å². The van der Waals surface area contributed by atoms with E-state index in [9.17, 15) is 0 Å². The van der Waals surface area contributed by atoms with Crippen LogP contribution < -0.4 is 0 Å². The van der Waals surface area contributed by atoms with Gasteiger partial charge in [0.1, 0.15) is 0 Å². The van der Waals surface area contributed by atoms with E-state index in [4.69, 9.17) is 18.9 Å². The van der Waals surface area contributed by atoms with Crippen molar-refractivity contribution in [1.82, 2.24) is 0 Å². The molecule has 2 rings (SSSR count). The molecule has 0 amide bonds. The molecule has 0 bridgehead atoms. The summed E-state index contributed by atoms with van der Waals surface area (Å²) in [5, 5.41) is 0. The number of hydrogen-bond acceptors (Lipinski definition) is 4. The van der Waals surface area contributed by atoms with Gasteiger partial charge in [-0.25, -0.2) is 0 Å². The highest BCUT2D eigenvalue weighted by Gasteiger charge is 2.31. The summed E-state index contributed by atoms with van der Waals surface area (Å²) in [6.07, 6.45) is 2.25. The fraction of sp³-hybridized carbons (Fsp3) is 0.647. The fourth-order valence-electron chi connectivity index (χ4n) is 2.31. The predicted octanol–water partition coefficient (Wildman–Crippen LogP) is 3.15. The van der Waals surface area contributed by atoms with Gasteiger partial charge in [0, 0.05) is 13.2 Å². The maximum Gasteiger partial charge on any atom is 0.180 e. The molecule has 0 heterocycles. The normalized spacial score (nSPS) is 21.5. The second-order valence-electron chi connectivity index (χ2n) is 5.19. The van der Waals surface area contributed by atoms with Gasteiger partial charge in [0.25, 0.3) is 0 Å². The Morgan fingerprint density at radius 3 is 2.19 bits per heavy atom. The zero-order chi connectivity index (χ0) is 14.9. The Morgan fingerprint density at radius 1 is 0.952 bits per heavy atom. The third-order valence-corrected chi connectivity index (χ3v) is 3.55. The first-order valence-electron chi connectivity index (χ1n) is 7.82. The molecule has 1 aromatic carbocycles. The summed E-state index contributed by atoms with van der Waals surface area (Å²) in [4.78, 5) is 0. The Labute approximate surface area is 127 Å². The minimum absolute atomic E-state index is 0.246. The van der Waals surface area contributed by atoms with Crippen LogP contribution in [0, 0.1) is 0 Å². The average Bonchev–Trinajstić information content (AvgIpc) is 2.46. The van der Waals surface area contributed by atoms with Gasteiger partial charge in [-0.3, -0.25) is 0 Å². The summed E-state index contributed by atoms with van der Waals surface area (Å²) in [5.74, 6) is 0. The minimum atomic E-state index is -0.246. The molecular formula is C17H26O4. The first-order valence-corrected chi connectivity index (χ1v) is 7.82. The Balaban J connectivity index is 1.56. The van der Waals surface area contributed by atoms with Crippen LogP contribution >= 0.6 is 0 Å². The van der Waals surface area contributed by atoms with Crippen LogP contribution in [0.2, 0.25) is 0 Å². The molecule has 1 aliphatic carbocycles. The lowest BCUT2D eigenvalue weighted by Crippen LogP contribution is -2.39. The van der Waals surface area contributed by atoms with Gasteiger partial charge < -0.3 is 18.9 Å². The van der Waals surface area contributed by atoms with Crippen molar-refractivity contribution in [3.8, 4) is 0 Å². The predicted molar refractivity (Wildman–Crippen MR) is 81.0 cm³/mol. The molecule has 1 aromatic rings. The fourth-order valence-corrected chi connectivity index (χ4v) is 2.31. The first kappa shape index (κ1) is 16.4. The highest BCUT2D eigenvalue weighted by molar-refractivity contribution is 5.13. The molecule has 0 aromatic heterocycles. The van der Waals surface area contributed by atoms with Gasteiger partial charge in [-0.05, 0) is 32.3 Å². The lowest BCUT2D eigenvalue weighted by molar-refractivity contribution is -0.194. The molecule has 1 fully saturated rings. The molecule has 21 heavy (non-hydrogen) atoms. The molecule has 4 nitrogen and oxygen atoms in total. The Morgan fingerprint density at radius 2 is 1.57 bits per heavy atom. The maximum atomic E-state index is 5.85. The SMILES string of the molecule is CCOC(CO[C@H]1C[C@@H](OCc2ccccc2)C1)OCC. The van der Waals surface area contributed by atoms with Gasteiger partial charge >= 0.3 is 0 Å². The number of ether oxygens (including phenoxy) is 4. The lowest BCUT2D eigenvalue weighted by atomic mass is 9.92. The van der Waals surface area contributed by atoms with Crippen LogP contribution in [-0.2, 0) is 25.6 Å². The Hall–Kier alpha value is -0.940. The van der Waals surface area contributed by atoms with E-state index in [1.165, 1.54) is 5.56 Å². The van der Waals surface area contributed by atoms with E-state index < -0.39 is 0 Å². The van der Waals surface area contributed by atoms with E-state index >= 15 is 0 Å². The summed E-state index contributed by atoms with van der Waals surface area (Å²) in [6.45, 7) is 6.38. The largest absolute Gasteiger partial charge is 0.373 e. The third-order valence-electron chi connectivity index (χ3n) is 3.55. The molecule has 4 heteroatoms. The molecule has 1 aliphatic rings. The quantitative estimate of drug-likeness (QED) is 0.621. The van der Waals surface area contributed by atoms with Gasteiger partial charge in [0.2, 0.25) is 0 Å². The highest BCUT2D eigenvalue weighted by Crippen LogP contribution is 2.27. The molecule has 0 N–H and O–H groups in total. The second kappa shape index (κ2) is 9.15. The van der Waals surface area contributed by atoms with Gasteiger partial charge in [-0.15, -0.1) is 0 Å². The Bertz CT molecular complexity index is 370. The summed E-state index contributed by atoms with van der Waals surface area (Å²) < 4.78 is 22.6. The number of rotatable bonds is 10. The van der Waals surface area contributed by atoms with E-state index in [1.54, 1.807) is 0 Å². The van der Waals surface area contributed by atoms with E-state index in [-0.39, 0.29) is 12.4 Å². The van der Waals surface area contributed by atoms with Crippen LogP contribution in [0.5, 0.6) is 0 Å². The van der Waals surface area contributed by atoms with Crippen molar-refractivity contribution in [2.24, 2.45) is 0 Å². The molecule has 118 valence electrons. The van der Waals surface area contributed by atoms with E-state index in [0.717, 1.165) is 12.8 Å². The molecule has 0 aliphatic heterocycles. The van der Waals surface area contributed by atoms with Crippen LogP contribution in [0.1, 0.15) is 32.3 Å². The topological polar surface area (TPSA) is 36.9 Å². The molecule has 0 atom stereocenters. The summed E-state index contributed by atoms with van der Waals surface area (Å²) in [7, 11) is 0. The third kappa shape index (κ3) is 5.75. The van der Waals surface area contributed by atoms with Crippen LogP contribution in [0.15, 0.2) is 30.3 Å². The zero-order valence-electron chi connectivity index (χ0n) is 13.0. The molecule has 0 radical (unpaired) electrons. The molecular weight excluding hydrogens is 268 g/mol. The van der Waals surface area contributed by atoms with E-state index in [0.29, 0.717) is 32.5 Å². The number of hydrogen-bond donors (Lipinski definition) is 0. The standard InChI is InChI=1S/C17H26O4/c1-3-18-17(19-4-2)13-21-16-10-15(11-16)20-12-14-8-6-5-7-9-14/h5-9,15-17H,3-4,10-13H2,1-2H3/t15-,16+. The van der Waals surface area contributed by atoms with Gasteiger partial charge in [-0.2, -0.15) is 0 Å². The molecule has 0 spiro atoms. The average molecular weight is 294 g/mol. The van der Waals surface area contributed by atoms with Crippen LogP contribution in [0.25, 0.3) is 0 Å². The maximum absolute atomic E-state index is 5.85. The number of benzene rings is 1. The van der Waals surface area contributed by atoms with E-state index in [2.05, 4.69) is 12.1 Å². The molecule has 0 unspecified atom stereocenters. The van der Waals surface area contributed by atoms with Crippen molar-refractivity contribution >= 4 is 0 Å². The summed E-state index contributed by atoms with van der Waals surface area (Å²) in [6, 6.07) is 10.3. The second-order valence-corrected chi connectivity index (χ2v) is 5.19. The van der Waals surface area contributed by atoms with Crippen LogP contribution in [0.4, 0.5) is 0 Å².